The van der Waals surface area contributed by atoms with Gasteiger partial charge < -0.3 is 4.81 Å². The van der Waals surface area contributed by atoms with E-state index >= 15 is 0 Å². The molecule has 23 heavy (non-hydrogen) atoms. The van der Waals surface area contributed by atoms with Crippen molar-refractivity contribution in [2.24, 2.45) is 0 Å². The Balaban J connectivity index is 2.34. The second kappa shape index (κ2) is 8.21. The highest BCUT2D eigenvalue weighted by molar-refractivity contribution is 7.06. The first-order valence-electron chi connectivity index (χ1n) is 8.86. The number of allylic oxidation sites excluding steroid dienone is 4. The van der Waals surface area contributed by atoms with Crippen molar-refractivity contribution in [1.82, 2.24) is 4.81 Å². The Hall–Kier alpha value is -0.985. The molecule has 0 amide bonds. The van der Waals surface area contributed by atoms with E-state index < -0.39 is 0 Å². The molecule has 124 valence electrons. The number of unbranched alkanes of at least 4 members (excludes halogenated alkanes) is 1. The van der Waals surface area contributed by atoms with Crippen LogP contribution in [0.5, 0.6) is 0 Å². The van der Waals surface area contributed by atoms with Crippen molar-refractivity contribution in [2.45, 2.75) is 65.4 Å². The Labute approximate surface area is 147 Å². The molecular formula is C20H29BClN. The van der Waals surface area contributed by atoms with E-state index in [-0.39, 0.29) is 12.1 Å². The van der Waals surface area contributed by atoms with Gasteiger partial charge in [0.1, 0.15) is 0 Å². The lowest BCUT2D eigenvalue weighted by Gasteiger charge is -2.35. The van der Waals surface area contributed by atoms with Crippen LogP contribution in [-0.4, -0.2) is 23.2 Å². The number of benzene rings is 1. The summed E-state index contributed by atoms with van der Waals surface area (Å²) in [6.45, 7) is 11.1. The zero-order valence-electron chi connectivity index (χ0n) is 15.1. The van der Waals surface area contributed by atoms with Crippen molar-refractivity contribution in [3.8, 4) is 0 Å². The first-order valence-corrected chi connectivity index (χ1v) is 9.30. The van der Waals surface area contributed by atoms with E-state index in [2.05, 4.69) is 81.9 Å². The molecule has 0 bridgehead atoms. The molecule has 0 spiro atoms. The zero-order chi connectivity index (χ0) is 17.0. The van der Waals surface area contributed by atoms with Gasteiger partial charge in [-0.1, -0.05) is 83.5 Å². The smallest absolute Gasteiger partial charge is 0.323 e. The monoisotopic (exact) mass is 329 g/mol. The maximum absolute atomic E-state index is 6.95. The molecule has 0 fully saturated rings. The molecule has 3 heteroatoms. The molecule has 1 nitrogen and oxygen atoms in total. The third kappa shape index (κ3) is 4.11. The summed E-state index contributed by atoms with van der Waals surface area (Å²) in [4.78, 5) is 2.40. The molecule has 0 radical (unpaired) electrons. The van der Waals surface area contributed by atoms with Crippen LogP contribution < -0.4 is 0 Å². The van der Waals surface area contributed by atoms with E-state index in [0.717, 1.165) is 6.42 Å². The first kappa shape index (κ1) is 18.4. The van der Waals surface area contributed by atoms with Gasteiger partial charge in [-0.25, -0.2) is 0 Å². The minimum atomic E-state index is -0.0202. The van der Waals surface area contributed by atoms with Gasteiger partial charge in [0.2, 0.25) is 0 Å². The quantitative estimate of drug-likeness (QED) is 0.562. The average molecular weight is 330 g/mol. The normalized spacial score (nSPS) is 17.4. The van der Waals surface area contributed by atoms with Crippen LogP contribution in [0.4, 0.5) is 0 Å². The molecule has 0 heterocycles. The second-order valence-electron chi connectivity index (χ2n) is 6.93. The number of nitrogens with zero attached hydrogens (tertiary/aromatic N) is 1. The third-order valence-corrected chi connectivity index (χ3v) is 5.01. The Morgan fingerprint density at radius 1 is 1.17 bits per heavy atom. The molecule has 1 aromatic rings. The van der Waals surface area contributed by atoms with Crippen molar-refractivity contribution in [3.05, 3.63) is 53.6 Å². The molecule has 0 saturated heterocycles. The van der Waals surface area contributed by atoms with Crippen LogP contribution in [0.3, 0.4) is 0 Å². The number of rotatable bonds is 7. The van der Waals surface area contributed by atoms with Crippen LogP contribution in [-0.2, 0) is 0 Å². The summed E-state index contributed by atoms with van der Waals surface area (Å²) in [6.07, 6.45) is 9.18. The van der Waals surface area contributed by atoms with Crippen LogP contribution in [0.2, 0.25) is 0 Å². The fraction of sp³-hybridized carbons (Fsp3) is 0.500. The van der Waals surface area contributed by atoms with Gasteiger partial charge in [0, 0.05) is 5.82 Å². The SMILES string of the molecule is CCC/C=C/C1=CC(B(Cl)N(C(C)C)C(C)C)c2ccccc21. The molecule has 0 saturated carbocycles. The Morgan fingerprint density at radius 2 is 1.83 bits per heavy atom. The van der Waals surface area contributed by atoms with E-state index in [9.17, 15) is 0 Å². The van der Waals surface area contributed by atoms with Crippen LogP contribution in [0.25, 0.3) is 5.57 Å². The Morgan fingerprint density at radius 3 is 2.43 bits per heavy atom. The molecule has 0 aliphatic heterocycles. The topological polar surface area (TPSA) is 3.24 Å². The van der Waals surface area contributed by atoms with Gasteiger partial charge in [-0.05, 0) is 35.2 Å². The highest BCUT2D eigenvalue weighted by Gasteiger charge is 2.37. The fourth-order valence-corrected chi connectivity index (χ4v) is 4.18. The minimum Gasteiger partial charge on any atom is -0.323 e. The number of halogens is 1. The summed E-state index contributed by atoms with van der Waals surface area (Å²) in [5.41, 5.74) is 4.01. The van der Waals surface area contributed by atoms with E-state index in [1.54, 1.807) is 0 Å². The van der Waals surface area contributed by atoms with Crippen molar-refractivity contribution < 1.29 is 0 Å². The predicted molar refractivity (Wildman–Crippen MR) is 105 cm³/mol. The summed E-state index contributed by atoms with van der Waals surface area (Å²) in [7, 11) is 0. The lowest BCUT2D eigenvalue weighted by molar-refractivity contribution is 0.306. The van der Waals surface area contributed by atoms with E-state index in [1.807, 2.05) is 0 Å². The van der Waals surface area contributed by atoms with Gasteiger partial charge in [0.05, 0.1) is 0 Å². The summed E-state index contributed by atoms with van der Waals surface area (Å²) in [5, 5.41) is 0. The summed E-state index contributed by atoms with van der Waals surface area (Å²) in [6, 6.07) is 9.54. The van der Waals surface area contributed by atoms with Crippen LogP contribution in [0.15, 0.2) is 42.5 Å². The molecule has 1 unspecified atom stereocenters. The number of hydrogen-bond acceptors (Lipinski definition) is 1. The van der Waals surface area contributed by atoms with E-state index in [4.69, 9.17) is 11.5 Å². The molecule has 1 aromatic carbocycles. The van der Waals surface area contributed by atoms with Crippen molar-refractivity contribution in [3.63, 3.8) is 0 Å². The lowest BCUT2D eigenvalue weighted by Crippen LogP contribution is -2.48. The van der Waals surface area contributed by atoms with Crippen molar-refractivity contribution in [2.75, 3.05) is 0 Å². The highest BCUT2D eigenvalue weighted by atomic mass is 35.5. The molecular weight excluding hydrogens is 300 g/mol. The van der Waals surface area contributed by atoms with Crippen molar-refractivity contribution >= 4 is 23.3 Å². The first-order chi connectivity index (χ1) is 11.0. The predicted octanol–water partition coefficient (Wildman–Crippen LogP) is 5.91. The molecule has 1 aliphatic rings. The highest BCUT2D eigenvalue weighted by Crippen LogP contribution is 2.40. The largest absolute Gasteiger partial charge is 0.343 e. The average Bonchev–Trinajstić information content (AvgIpc) is 2.86. The molecule has 1 atom stereocenters. The third-order valence-electron chi connectivity index (χ3n) is 4.52. The van der Waals surface area contributed by atoms with Gasteiger partial charge in [-0.15, -0.1) is 0 Å². The Bertz CT molecular complexity index is 569. The Kier molecular flexibility index (Phi) is 6.55. The van der Waals surface area contributed by atoms with Gasteiger partial charge in [-0.3, -0.25) is 0 Å². The molecule has 0 N–H and O–H groups in total. The van der Waals surface area contributed by atoms with Gasteiger partial charge >= 0.3 is 6.26 Å². The summed E-state index contributed by atoms with van der Waals surface area (Å²) in [5.74, 6) is 0.249. The standard InChI is InChI=1S/C20H29BClN/c1-6-7-8-11-17-14-20(19-13-10-9-12-18(17)19)21(22)23(15(2)3)16(4)5/h8-16,20H,6-7H2,1-5H3/b11-8+. The van der Waals surface area contributed by atoms with Gasteiger partial charge in [-0.2, -0.15) is 11.5 Å². The van der Waals surface area contributed by atoms with Crippen LogP contribution >= 0.6 is 11.5 Å². The van der Waals surface area contributed by atoms with Crippen LogP contribution in [0.1, 0.15) is 64.4 Å². The maximum atomic E-state index is 6.95. The molecule has 1 aliphatic carbocycles. The molecule has 0 aromatic heterocycles. The summed E-state index contributed by atoms with van der Waals surface area (Å²) < 4.78 is 0. The summed E-state index contributed by atoms with van der Waals surface area (Å²) >= 11 is 6.95. The maximum Gasteiger partial charge on any atom is 0.343 e. The minimum absolute atomic E-state index is 0.0202. The number of hydrogen-bond donors (Lipinski definition) is 0. The van der Waals surface area contributed by atoms with E-state index in [0.29, 0.717) is 12.1 Å². The second-order valence-corrected chi connectivity index (χ2v) is 7.38. The van der Waals surface area contributed by atoms with Gasteiger partial charge in [0.15, 0.2) is 0 Å². The fourth-order valence-electron chi connectivity index (χ4n) is 3.52. The van der Waals surface area contributed by atoms with Crippen LogP contribution in [0, 0.1) is 0 Å². The molecule has 2 rings (SSSR count). The lowest BCUT2D eigenvalue weighted by atomic mass is 9.67. The van der Waals surface area contributed by atoms with E-state index in [1.165, 1.54) is 23.1 Å². The number of fused-ring (bicyclic) bond motifs is 1. The van der Waals surface area contributed by atoms with Gasteiger partial charge in [0.25, 0.3) is 0 Å². The zero-order valence-corrected chi connectivity index (χ0v) is 15.8. The van der Waals surface area contributed by atoms with Crippen molar-refractivity contribution in [1.29, 1.82) is 0 Å².